The average Bonchev–Trinajstić information content (AvgIpc) is 2.17. The maximum Gasteiger partial charge on any atom is 0.419 e. The number of hydrogen-bond acceptors (Lipinski definition) is 2. The van der Waals surface area contributed by atoms with Crippen LogP contribution in [-0.4, -0.2) is 10.9 Å². The van der Waals surface area contributed by atoms with E-state index in [1.807, 2.05) is 0 Å². The Labute approximate surface area is 105 Å². The first-order valence-electron chi connectivity index (χ1n) is 4.65. The molecule has 3 nitrogen and oxygen atoms in total. The molecule has 0 saturated heterocycles. The molecule has 0 aliphatic carbocycles. The van der Waals surface area contributed by atoms with Crippen LogP contribution in [0.15, 0.2) is 18.2 Å². The number of carbonyl (C=O) groups excluding carboxylic acids is 1. The van der Waals surface area contributed by atoms with E-state index < -0.39 is 23.5 Å². The molecule has 1 amide bonds. The number of rotatable bonds is 3. The van der Waals surface area contributed by atoms with Gasteiger partial charge in [-0.25, -0.2) is 4.39 Å². The molecule has 0 atom stereocenters. The van der Waals surface area contributed by atoms with Gasteiger partial charge in [-0.05, 0) is 18.2 Å². The summed E-state index contributed by atoms with van der Waals surface area (Å²) in [5.74, 6) is -2.07. The lowest BCUT2D eigenvalue weighted by Gasteiger charge is -2.10. The van der Waals surface area contributed by atoms with Gasteiger partial charge in [-0.3, -0.25) is 4.79 Å². The van der Waals surface area contributed by atoms with Crippen molar-refractivity contribution in [1.29, 1.82) is 0 Å². The normalized spacial score (nSPS) is 11.1. The summed E-state index contributed by atoms with van der Waals surface area (Å²) >= 11 is 4.47. The molecule has 0 bridgehead atoms. The highest BCUT2D eigenvalue weighted by Gasteiger charge is 2.34. The number of nitrogens with one attached hydrogen (secondary N) is 1. The molecule has 0 saturated carbocycles. The quantitative estimate of drug-likeness (QED) is 0.660. The van der Waals surface area contributed by atoms with Gasteiger partial charge in [0.25, 0.3) is 0 Å². The van der Waals surface area contributed by atoms with Gasteiger partial charge in [0, 0.05) is 5.69 Å². The third-order valence-electron chi connectivity index (χ3n) is 1.89. The van der Waals surface area contributed by atoms with Crippen LogP contribution in [0, 0.1) is 5.82 Å². The second kappa shape index (κ2) is 5.30. The zero-order valence-corrected chi connectivity index (χ0v) is 9.66. The topological polar surface area (TPSA) is 55.1 Å². The summed E-state index contributed by atoms with van der Waals surface area (Å²) in [4.78, 5) is 11.1. The lowest BCUT2D eigenvalue weighted by Crippen LogP contribution is -2.20. The second-order valence-electron chi connectivity index (χ2n) is 3.38. The first kappa shape index (κ1) is 14.4. The fourth-order valence-corrected chi connectivity index (χ4v) is 1.31. The van der Waals surface area contributed by atoms with Crippen molar-refractivity contribution in [3.63, 3.8) is 0 Å². The van der Waals surface area contributed by atoms with E-state index in [2.05, 4.69) is 17.5 Å². The van der Waals surface area contributed by atoms with Gasteiger partial charge in [-0.1, -0.05) is 12.2 Å². The van der Waals surface area contributed by atoms with Crippen LogP contribution in [0.2, 0.25) is 0 Å². The largest absolute Gasteiger partial charge is 0.419 e. The van der Waals surface area contributed by atoms with E-state index in [9.17, 15) is 22.4 Å². The Morgan fingerprint density at radius 3 is 2.50 bits per heavy atom. The minimum absolute atomic E-state index is 0.0920. The summed E-state index contributed by atoms with van der Waals surface area (Å²) in [5, 5.41) is 2.14. The van der Waals surface area contributed by atoms with Crippen LogP contribution >= 0.6 is 12.2 Å². The molecule has 1 aromatic carbocycles. The predicted molar refractivity (Wildman–Crippen MR) is 61.4 cm³/mol. The highest BCUT2D eigenvalue weighted by Crippen LogP contribution is 2.32. The molecule has 3 N–H and O–H groups in total. The zero-order valence-electron chi connectivity index (χ0n) is 8.84. The van der Waals surface area contributed by atoms with Crippen LogP contribution in [0.1, 0.15) is 12.0 Å². The fourth-order valence-electron chi connectivity index (χ4n) is 1.18. The molecule has 0 aromatic heterocycles. The van der Waals surface area contributed by atoms with Crippen molar-refractivity contribution in [3.8, 4) is 0 Å². The number of hydrogen-bond donors (Lipinski definition) is 2. The fraction of sp³-hybridized carbons (Fsp3) is 0.200. The van der Waals surface area contributed by atoms with Crippen LogP contribution in [0.4, 0.5) is 23.2 Å². The molecule has 1 rings (SSSR count). The van der Waals surface area contributed by atoms with Crippen molar-refractivity contribution in [3.05, 3.63) is 29.6 Å². The van der Waals surface area contributed by atoms with Crippen LogP contribution in [0.25, 0.3) is 0 Å². The smallest absolute Gasteiger partial charge is 0.393 e. The molecule has 0 unspecified atom stereocenters. The molecule has 0 radical (unpaired) electrons. The molecule has 1 aromatic rings. The van der Waals surface area contributed by atoms with E-state index in [1.165, 1.54) is 0 Å². The lowest BCUT2D eigenvalue weighted by atomic mass is 10.1. The third-order valence-corrected chi connectivity index (χ3v) is 2.03. The number of alkyl halides is 3. The van der Waals surface area contributed by atoms with Gasteiger partial charge in [0.05, 0.1) is 17.0 Å². The van der Waals surface area contributed by atoms with Crippen molar-refractivity contribution in [1.82, 2.24) is 0 Å². The summed E-state index contributed by atoms with van der Waals surface area (Å²) in [5.41, 5.74) is 3.48. The number of amides is 1. The standard InChI is InChI=1S/C10H8F4N2OS/c11-7-2-1-5(3-6(7)10(12,13)14)16-9(17)4-8(15)18/h1-3H,4H2,(H2,15,18)(H,16,17). The van der Waals surface area contributed by atoms with Gasteiger partial charge < -0.3 is 11.1 Å². The molecule has 18 heavy (non-hydrogen) atoms. The summed E-state index contributed by atoms with van der Waals surface area (Å²) < 4.78 is 50.1. The summed E-state index contributed by atoms with van der Waals surface area (Å²) in [7, 11) is 0. The van der Waals surface area contributed by atoms with E-state index in [0.717, 1.165) is 6.07 Å². The minimum Gasteiger partial charge on any atom is -0.393 e. The van der Waals surface area contributed by atoms with Crippen molar-refractivity contribution in [2.24, 2.45) is 5.73 Å². The van der Waals surface area contributed by atoms with Crippen LogP contribution < -0.4 is 11.1 Å². The van der Waals surface area contributed by atoms with E-state index in [0.29, 0.717) is 12.1 Å². The minimum atomic E-state index is -4.83. The maximum absolute atomic E-state index is 12.9. The first-order chi connectivity index (χ1) is 8.20. The van der Waals surface area contributed by atoms with Crippen molar-refractivity contribution in [2.75, 3.05) is 5.32 Å². The van der Waals surface area contributed by atoms with Gasteiger partial charge in [0.15, 0.2) is 0 Å². The molecule has 0 fully saturated rings. The molecule has 0 aliphatic rings. The van der Waals surface area contributed by atoms with E-state index in [1.54, 1.807) is 0 Å². The summed E-state index contributed by atoms with van der Waals surface area (Å²) in [6, 6.07) is 2.15. The van der Waals surface area contributed by atoms with Crippen molar-refractivity contribution < 1.29 is 22.4 Å². The van der Waals surface area contributed by atoms with Gasteiger partial charge in [-0.15, -0.1) is 0 Å². The SMILES string of the molecule is NC(=S)CC(=O)Nc1ccc(F)c(C(F)(F)F)c1. The number of benzene rings is 1. The highest BCUT2D eigenvalue weighted by molar-refractivity contribution is 7.80. The molecule has 0 heterocycles. The molecule has 8 heteroatoms. The Balaban J connectivity index is 2.92. The van der Waals surface area contributed by atoms with Crippen LogP contribution in [0.3, 0.4) is 0 Å². The Morgan fingerprint density at radius 2 is 2.00 bits per heavy atom. The van der Waals surface area contributed by atoms with Gasteiger partial charge in [0.2, 0.25) is 5.91 Å². The Bertz CT molecular complexity index is 487. The van der Waals surface area contributed by atoms with Crippen LogP contribution in [-0.2, 0) is 11.0 Å². The third kappa shape index (κ3) is 3.95. The van der Waals surface area contributed by atoms with E-state index in [4.69, 9.17) is 5.73 Å². The molecule has 98 valence electrons. The van der Waals surface area contributed by atoms with Gasteiger partial charge >= 0.3 is 6.18 Å². The zero-order chi connectivity index (χ0) is 13.9. The maximum atomic E-state index is 12.9. The number of carbonyl (C=O) groups is 1. The van der Waals surface area contributed by atoms with E-state index >= 15 is 0 Å². The number of thiocarbonyl (C=S) groups is 1. The Morgan fingerprint density at radius 1 is 1.39 bits per heavy atom. The second-order valence-corrected chi connectivity index (χ2v) is 3.91. The molecule has 0 spiro atoms. The molecular weight excluding hydrogens is 272 g/mol. The number of nitrogens with two attached hydrogens (primary N) is 1. The average molecular weight is 280 g/mol. The lowest BCUT2D eigenvalue weighted by molar-refractivity contribution is -0.140. The first-order valence-corrected chi connectivity index (χ1v) is 5.06. The Hall–Kier alpha value is -1.70. The molecule has 0 aliphatic heterocycles. The van der Waals surface area contributed by atoms with E-state index in [-0.39, 0.29) is 17.1 Å². The Kier molecular flexibility index (Phi) is 4.23. The van der Waals surface area contributed by atoms with Crippen LogP contribution in [0.5, 0.6) is 0 Å². The summed E-state index contributed by atoms with van der Waals surface area (Å²) in [6.07, 6.45) is -5.12. The number of anilines is 1. The van der Waals surface area contributed by atoms with Gasteiger partial charge in [-0.2, -0.15) is 13.2 Å². The monoisotopic (exact) mass is 280 g/mol. The highest BCUT2D eigenvalue weighted by atomic mass is 32.1. The van der Waals surface area contributed by atoms with Gasteiger partial charge in [0.1, 0.15) is 5.82 Å². The van der Waals surface area contributed by atoms with Crippen molar-refractivity contribution >= 4 is 28.8 Å². The number of halogens is 4. The predicted octanol–water partition coefficient (Wildman–Crippen LogP) is 2.46. The summed E-state index contributed by atoms with van der Waals surface area (Å²) in [6.45, 7) is 0. The molecular formula is C10H8F4N2OS. The van der Waals surface area contributed by atoms with Crippen molar-refractivity contribution in [2.45, 2.75) is 12.6 Å².